The summed E-state index contributed by atoms with van der Waals surface area (Å²) in [7, 11) is 0. The van der Waals surface area contributed by atoms with Crippen molar-refractivity contribution in [2.24, 2.45) is 0 Å². The summed E-state index contributed by atoms with van der Waals surface area (Å²) in [5.74, 6) is -0.221. The lowest BCUT2D eigenvalue weighted by atomic mass is 10.2. The second-order valence-corrected chi connectivity index (χ2v) is 7.22. The fourth-order valence-electron chi connectivity index (χ4n) is 2.54. The molecule has 0 atom stereocenters. The van der Waals surface area contributed by atoms with E-state index in [9.17, 15) is 4.79 Å². The molecule has 0 saturated carbocycles. The number of nitrogens with one attached hydrogen (secondary N) is 2. The van der Waals surface area contributed by atoms with Crippen LogP contribution in [0.2, 0.25) is 0 Å². The van der Waals surface area contributed by atoms with Crippen molar-refractivity contribution < 1.29 is 9.53 Å². The van der Waals surface area contributed by atoms with Crippen LogP contribution in [0.1, 0.15) is 10.4 Å². The van der Waals surface area contributed by atoms with Gasteiger partial charge in [-0.2, -0.15) is 0 Å². The lowest BCUT2D eigenvalue weighted by Gasteiger charge is -2.28. The topological polar surface area (TPSA) is 53.6 Å². The summed E-state index contributed by atoms with van der Waals surface area (Å²) in [4.78, 5) is 14.5. The van der Waals surface area contributed by atoms with Crippen LogP contribution in [-0.4, -0.2) is 37.3 Å². The van der Waals surface area contributed by atoms with Crippen LogP contribution in [0.5, 0.6) is 0 Å². The van der Waals surface area contributed by atoms with E-state index in [4.69, 9.17) is 17.0 Å². The zero-order chi connectivity index (χ0) is 17.6. The van der Waals surface area contributed by atoms with Gasteiger partial charge >= 0.3 is 0 Å². The lowest BCUT2D eigenvalue weighted by molar-refractivity contribution is 0.0977. The fraction of sp³-hybridized carbons (Fsp3) is 0.222. The highest BCUT2D eigenvalue weighted by atomic mass is 127. The largest absolute Gasteiger partial charge is 0.378 e. The monoisotopic (exact) mass is 467 g/mol. The van der Waals surface area contributed by atoms with E-state index in [0.29, 0.717) is 5.56 Å². The molecular weight excluding hydrogens is 449 g/mol. The number of nitrogens with zero attached hydrogens (tertiary/aromatic N) is 1. The maximum atomic E-state index is 12.2. The van der Waals surface area contributed by atoms with Crippen molar-refractivity contribution >= 4 is 57.2 Å². The van der Waals surface area contributed by atoms with Gasteiger partial charge in [-0.05, 0) is 77.3 Å². The Morgan fingerprint density at radius 1 is 1.12 bits per heavy atom. The molecule has 130 valence electrons. The summed E-state index contributed by atoms with van der Waals surface area (Å²) in [5.41, 5.74) is 2.58. The molecule has 5 nitrogen and oxygen atoms in total. The maximum absolute atomic E-state index is 12.2. The Bertz CT molecular complexity index is 761. The van der Waals surface area contributed by atoms with Crippen LogP contribution in [0.15, 0.2) is 48.5 Å². The third kappa shape index (κ3) is 5.13. The number of morpholine rings is 1. The smallest absolute Gasteiger partial charge is 0.257 e. The van der Waals surface area contributed by atoms with Gasteiger partial charge in [-0.1, -0.05) is 6.07 Å². The van der Waals surface area contributed by atoms with Crippen LogP contribution >= 0.6 is 34.8 Å². The molecule has 1 heterocycles. The molecular formula is C18H18IN3O2S. The maximum Gasteiger partial charge on any atom is 0.257 e. The van der Waals surface area contributed by atoms with Gasteiger partial charge in [0.2, 0.25) is 0 Å². The van der Waals surface area contributed by atoms with Crippen LogP contribution in [0.3, 0.4) is 0 Å². The molecule has 0 spiro atoms. The second-order valence-electron chi connectivity index (χ2n) is 5.56. The van der Waals surface area contributed by atoms with Crippen molar-refractivity contribution in [2.45, 2.75) is 0 Å². The molecule has 0 radical (unpaired) electrons. The number of carbonyl (C=O) groups excluding carboxylic acids is 1. The summed E-state index contributed by atoms with van der Waals surface area (Å²) >= 11 is 7.40. The third-order valence-electron chi connectivity index (χ3n) is 3.82. The van der Waals surface area contributed by atoms with E-state index in [-0.39, 0.29) is 11.0 Å². The number of hydrogen-bond donors (Lipinski definition) is 2. The zero-order valence-electron chi connectivity index (χ0n) is 13.5. The average molecular weight is 467 g/mol. The molecule has 3 rings (SSSR count). The lowest BCUT2D eigenvalue weighted by Crippen LogP contribution is -2.36. The molecule has 1 saturated heterocycles. The van der Waals surface area contributed by atoms with E-state index >= 15 is 0 Å². The Morgan fingerprint density at radius 2 is 1.84 bits per heavy atom. The molecule has 0 bridgehead atoms. The van der Waals surface area contributed by atoms with Crippen LogP contribution in [-0.2, 0) is 4.74 Å². The molecule has 1 fully saturated rings. The molecule has 25 heavy (non-hydrogen) atoms. The van der Waals surface area contributed by atoms with E-state index in [1.807, 2.05) is 42.5 Å². The highest BCUT2D eigenvalue weighted by molar-refractivity contribution is 14.1. The van der Waals surface area contributed by atoms with Gasteiger partial charge in [-0.3, -0.25) is 10.1 Å². The average Bonchev–Trinajstić information content (AvgIpc) is 2.63. The van der Waals surface area contributed by atoms with E-state index < -0.39 is 0 Å². The molecule has 2 aromatic carbocycles. The Hall–Kier alpha value is -1.71. The zero-order valence-corrected chi connectivity index (χ0v) is 16.5. The molecule has 7 heteroatoms. The van der Waals surface area contributed by atoms with Crippen LogP contribution in [0.25, 0.3) is 0 Å². The first-order valence-electron chi connectivity index (χ1n) is 7.92. The number of amides is 1. The van der Waals surface area contributed by atoms with Crippen LogP contribution in [0.4, 0.5) is 11.4 Å². The number of rotatable bonds is 3. The Labute approximate surface area is 165 Å². The molecule has 0 unspecified atom stereocenters. The quantitative estimate of drug-likeness (QED) is 0.537. The molecule has 1 aliphatic heterocycles. The van der Waals surface area contributed by atoms with E-state index in [2.05, 4.69) is 38.1 Å². The summed E-state index contributed by atoms with van der Waals surface area (Å²) in [5, 5.41) is 6.02. The number of benzene rings is 2. The van der Waals surface area contributed by atoms with Crippen LogP contribution in [0, 0.1) is 3.57 Å². The number of anilines is 2. The number of halogens is 1. The predicted octanol–water partition coefficient (Wildman–Crippen LogP) is 3.25. The SMILES string of the molecule is O=C(NC(=S)Nc1ccc(N2CCOCC2)cc1)c1cccc(I)c1. The van der Waals surface area contributed by atoms with Crippen LogP contribution < -0.4 is 15.5 Å². The molecule has 0 aliphatic carbocycles. The number of hydrogen-bond acceptors (Lipinski definition) is 4. The van der Waals surface area contributed by atoms with E-state index in [1.54, 1.807) is 6.07 Å². The Balaban J connectivity index is 1.56. The highest BCUT2D eigenvalue weighted by Gasteiger charge is 2.11. The van der Waals surface area contributed by atoms with Gasteiger partial charge in [-0.25, -0.2) is 0 Å². The predicted molar refractivity (Wildman–Crippen MR) is 112 cm³/mol. The molecule has 2 aromatic rings. The van der Waals surface area contributed by atoms with Crippen molar-refractivity contribution in [2.75, 3.05) is 36.5 Å². The highest BCUT2D eigenvalue weighted by Crippen LogP contribution is 2.19. The van der Waals surface area contributed by atoms with Gasteiger partial charge in [0, 0.05) is 33.6 Å². The molecule has 2 N–H and O–H groups in total. The first-order valence-corrected chi connectivity index (χ1v) is 9.41. The number of ether oxygens (including phenoxy) is 1. The third-order valence-corrected chi connectivity index (χ3v) is 4.69. The molecule has 0 aromatic heterocycles. The van der Waals surface area contributed by atoms with Crippen molar-refractivity contribution in [3.05, 3.63) is 57.7 Å². The number of carbonyl (C=O) groups is 1. The van der Waals surface area contributed by atoms with Crippen molar-refractivity contribution in [1.82, 2.24) is 5.32 Å². The summed E-state index contributed by atoms with van der Waals surface area (Å²) in [6.45, 7) is 3.32. The second kappa shape index (κ2) is 8.59. The van der Waals surface area contributed by atoms with Crippen molar-refractivity contribution in [1.29, 1.82) is 0 Å². The standard InChI is InChI=1S/C18H18IN3O2S/c19-14-3-1-2-13(12-14)17(23)21-18(25)20-15-4-6-16(7-5-15)22-8-10-24-11-9-22/h1-7,12H,8-11H2,(H2,20,21,23,25). The van der Waals surface area contributed by atoms with Gasteiger partial charge in [0.05, 0.1) is 13.2 Å². The number of thiocarbonyl (C=S) groups is 1. The normalized spacial score (nSPS) is 14.0. The summed E-state index contributed by atoms with van der Waals surface area (Å²) < 4.78 is 6.37. The minimum absolute atomic E-state index is 0.221. The minimum Gasteiger partial charge on any atom is -0.378 e. The van der Waals surface area contributed by atoms with Crippen molar-refractivity contribution in [3.8, 4) is 0 Å². The fourth-order valence-corrected chi connectivity index (χ4v) is 3.30. The Morgan fingerprint density at radius 3 is 2.52 bits per heavy atom. The van der Waals surface area contributed by atoms with Gasteiger partial charge in [0.15, 0.2) is 5.11 Å². The van der Waals surface area contributed by atoms with Gasteiger partial charge in [-0.15, -0.1) is 0 Å². The first-order chi connectivity index (χ1) is 12.1. The van der Waals surface area contributed by atoms with Gasteiger partial charge in [0.1, 0.15) is 0 Å². The Kier molecular flexibility index (Phi) is 6.22. The van der Waals surface area contributed by atoms with E-state index in [1.165, 1.54) is 0 Å². The van der Waals surface area contributed by atoms with E-state index in [0.717, 1.165) is 41.2 Å². The summed E-state index contributed by atoms with van der Waals surface area (Å²) in [6, 6.07) is 15.3. The first kappa shape index (κ1) is 18.1. The molecule has 1 amide bonds. The van der Waals surface area contributed by atoms with Crippen molar-refractivity contribution in [3.63, 3.8) is 0 Å². The summed E-state index contributed by atoms with van der Waals surface area (Å²) in [6.07, 6.45) is 0. The van der Waals surface area contributed by atoms with Gasteiger partial charge < -0.3 is 15.0 Å². The van der Waals surface area contributed by atoms with Gasteiger partial charge in [0.25, 0.3) is 5.91 Å². The molecule has 1 aliphatic rings. The minimum atomic E-state index is -0.221.